The maximum Gasteiger partial charge on any atom is 0.262 e. The van der Waals surface area contributed by atoms with Gasteiger partial charge in [0.1, 0.15) is 11.1 Å². The maximum atomic E-state index is 12.7. The summed E-state index contributed by atoms with van der Waals surface area (Å²) in [7, 11) is 0. The zero-order chi connectivity index (χ0) is 22.5. The van der Waals surface area contributed by atoms with Gasteiger partial charge in [0.15, 0.2) is 6.61 Å². The molecule has 0 aromatic heterocycles. The number of benzene rings is 3. The molecule has 1 saturated heterocycles. The van der Waals surface area contributed by atoms with E-state index in [0.717, 1.165) is 11.3 Å². The second-order valence-corrected chi connectivity index (χ2v) is 9.02. The SMILES string of the molecule is CC(C)c1ccc(N2C(=O)CSC2c2cccc(NC(=O)COc3ccccc3)c2)cc1. The lowest BCUT2D eigenvalue weighted by Gasteiger charge is -2.25. The number of thioether (sulfide) groups is 1. The van der Waals surface area contributed by atoms with Gasteiger partial charge in [-0.2, -0.15) is 0 Å². The average Bonchev–Trinajstić information content (AvgIpc) is 3.20. The molecule has 1 heterocycles. The summed E-state index contributed by atoms with van der Waals surface area (Å²) in [4.78, 5) is 26.9. The number of rotatable bonds is 7. The molecule has 1 fully saturated rings. The van der Waals surface area contributed by atoms with Crippen LogP contribution in [0.15, 0.2) is 78.9 Å². The van der Waals surface area contributed by atoms with Crippen molar-refractivity contribution >= 4 is 35.0 Å². The van der Waals surface area contributed by atoms with E-state index in [2.05, 4.69) is 31.3 Å². The predicted octanol–water partition coefficient (Wildman–Crippen LogP) is 5.61. The number of amides is 2. The molecule has 5 nitrogen and oxygen atoms in total. The van der Waals surface area contributed by atoms with Gasteiger partial charge in [0, 0.05) is 11.4 Å². The van der Waals surface area contributed by atoms with E-state index in [9.17, 15) is 9.59 Å². The summed E-state index contributed by atoms with van der Waals surface area (Å²) in [5.74, 6) is 1.37. The van der Waals surface area contributed by atoms with Crippen molar-refractivity contribution in [1.82, 2.24) is 0 Å². The van der Waals surface area contributed by atoms with Gasteiger partial charge in [-0.05, 0) is 53.4 Å². The van der Waals surface area contributed by atoms with E-state index in [1.165, 1.54) is 5.56 Å². The molecule has 1 aliphatic heterocycles. The molecule has 0 spiro atoms. The van der Waals surface area contributed by atoms with Crippen LogP contribution in [-0.2, 0) is 9.59 Å². The fourth-order valence-electron chi connectivity index (χ4n) is 3.60. The van der Waals surface area contributed by atoms with Gasteiger partial charge < -0.3 is 10.1 Å². The molecule has 1 aliphatic rings. The van der Waals surface area contributed by atoms with Gasteiger partial charge in [-0.3, -0.25) is 14.5 Å². The minimum absolute atomic E-state index is 0.0702. The van der Waals surface area contributed by atoms with Crippen molar-refractivity contribution in [2.24, 2.45) is 0 Å². The van der Waals surface area contributed by atoms with Gasteiger partial charge in [0.25, 0.3) is 5.91 Å². The molecular weight excluding hydrogens is 420 g/mol. The first-order chi connectivity index (χ1) is 15.5. The standard InChI is InChI=1S/C26H26N2O3S/c1-18(2)19-11-13-22(14-12-19)28-25(30)17-32-26(28)20-7-6-8-21(15-20)27-24(29)16-31-23-9-4-3-5-10-23/h3-15,18,26H,16-17H2,1-2H3,(H,27,29). The summed E-state index contributed by atoms with van der Waals surface area (Å²) in [6.45, 7) is 4.23. The molecule has 1 atom stereocenters. The van der Waals surface area contributed by atoms with Crippen molar-refractivity contribution in [3.05, 3.63) is 90.0 Å². The summed E-state index contributed by atoms with van der Waals surface area (Å²) in [5.41, 5.74) is 3.78. The summed E-state index contributed by atoms with van der Waals surface area (Å²) in [6.07, 6.45) is 0. The van der Waals surface area contributed by atoms with Crippen molar-refractivity contribution in [3.8, 4) is 5.75 Å². The third-order valence-corrected chi connectivity index (χ3v) is 6.49. The number of hydrogen-bond donors (Lipinski definition) is 1. The molecule has 3 aromatic carbocycles. The summed E-state index contributed by atoms with van der Waals surface area (Å²) >= 11 is 1.59. The Morgan fingerprint density at radius 2 is 1.81 bits per heavy atom. The predicted molar refractivity (Wildman–Crippen MR) is 130 cm³/mol. The Kier molecular flexibility index (Phi) is 6.81. The molecule has 0 bridgehead atoms. The Labute approximate surface area is 192 Å². The van der Waals surface area contributed by atoms with Crippen LogP contribution < -0.4 is 15.0 Å². The van der Waals surface area contributed by atoms with Crippen LogP contribution in [0, 0.1) is 0 Å². The molecule has 2 amide bonds. The number of carbonyl (C=O) groups is 2. The third-order valence-electron chi connectivity index (χ3n) is 5.27. The van der Waals surface area contributed by atoms with Crippen molar-refractivity contribution in [2.45, 2.75) is 25.1 Å². The summed E-state index contributed by atoms with van der Waals surface area (Å²) < 4.78 is 5.52. The van der Waals surface area contributed by atoms with Crippen LogP contribution in [0.5, 0.6) is 5.75 Å². The van der Waals surface area contributed by atoms with E-state index in [1.807, 2.05) is 71.6 Å². The van der Waals surface area contributed by atoms with Crippen molar-refractivity contribution in [2.75, 3.05) is 22.6 Å². The van der Waals surface area contributed by atoms with Crippen LogP contribution in [0.1, 0.15) is 36.3 Å². The Hall–Kier alpha value is -3.25. The van der Waals surface area contributed by atoms with Gasteiger partial charge in [0.2, 0.25) is 5.91 Å². The molecule has 0 saturated carbocycles. The number of anilines is 2. The van der Waals surface area contributed by atoms with E-state index in [4.69, 9.17) is 4.74 Å². The van der Waals surface area contributed by atoms with E-state index in [-0.39, 0.29) is 23.8 Å². The lowest BCUT2D eigenvalue weighted by molar-refractivity contribution is -0.118. The smallest absolute Gasteiger partial charge is 0.262 e. The minimum atomic E-state index is -0.234. The van der Waals surface area contributed by atoms with Crippen LogP contribution in [0.3, 0.4) is 0 Å². The van der Waals surface area contributed by atoms with Gasteiger partial charge in [-0.15, -0.1) is 11.8 Å². The van der Waals surface area contributed by atoms with Gasteiger partial charge in [0.05, 0.1) is 5.75 Å². The quantitative estimate of drug-likeness (QED) is 0.513. The van der Waals surface area contributed by atoms with Crippen LogP contribution in [0.25, 0.3) is 0 Å². The van der Waals surface area contributed by atoms with Crippen LogP contribution in [-0.4, -0.2) is 24.2 Å². The number of nitrogens with zero attached hydrogens (tertiary/aromatic N) is 1. The monoisotopic (exact) mass is 446 g/mol. The van der Waals surface area contributed by atoms with Gasteiger partial charge in [-0.1, -0.05) is 56.3 Å². The molecule has 32 heavy (non-hydrogen) atoms. The Balaban J connectivity index is 1.46. The minimum Gasteiger partial charge on any atom is -0.484 e. The van der Waals surface area contributed by atoms with E-state index in [0.29, 0.717) is 23.1 Å². The normalized spacial score (nSPS) is 15.8. The number of nitrogens with one attached hydrogen (secondary N) is 1. The van der Waals surface area contributed by atoms with Crippen molar-refractivity contribution in [1.29, 1.82) is 0 Å². The third kappa shape index (κ3) is 5.14. The highest BCUT2D eigenvalue weighted by Gasteiger charge is 2.34. The highest BCUT2D eigenvalue weighted by molar-refractivity contribution is 8.00. The highest BCUT2D eigenvalue weighted by Crippen LogP contribution is 2.42. The second kappa shape index (κ2) is 9.92. The number of carbonyl (C=O) groups excluding carboxylic acids is 2. The molecular formula is C26H26N2O3S. The Morgan fingerprint density at radius 1 is 1.06 bits per heavy atom. The largest absolute Gasteiger partial charge is 0.484 e. The zero-order valence-electron chi connectivity index (χ0n) is 18.2. The lowest BCUT2D eigenvalue weighted by atomic mass is 10.0. The van der Waals surface area contributed by atoms with Crippen molar-refractivity contribution < 1.29 is 14.3 Å². The Bertz CT molecular complexity index is 1080. The highest BCUT2D eigenvalue weighted by atomic mass is 32.2. The molecule has 0 radical (unpaired) electrons. The maximum absolute atomic E-state index is 12.7. The van der Waals surface area contributed by atoms with E-state index in [1.54, 1.807) is 11.8 Å². The zero-order valence-corrected chi connectivity index (χ0v) is 19.0. The van der Waals surface area contributed by atoms with E-state index < -0.39 is 0 Å². The van der Waals surface area contributed by atoms with Crippen LogP contribution in [0.4, 0.5) is 11.4 Å². The fourth-order valence-corrected chi connectivity index (χ4v) is 4.77. The molecule has 1 N–H and O–H groups in total. The number of hydrogen-bond acceptors (Lipinski definition) is 4. The first-order valence-corrected chi connectivity index (χ1v) is 11.7. The van der Waals surface area contributed by atoms with Crippen LogP contribution in [0.2, 0.25) is 0 Å². The van der Waals surface area contributed by atoms with Crippen LogP contribution >= 0.6 is 11.8 Å². The first-order valence-electron chi connectivity index (χ1n) is 10.6. The lowest BCUT2D eigenvalue weighted by Crippen LogP contribution is -2.28. The molecule has 0 aliphatic carbocycles. The number of para-hydroxylation sites is 1. The molecule has 1 unspecified atom stereocenters. The first kappa shape index (κ1) is 22.0. The Morgan fingerprint density at radius 3 is 2.53 bits per heavy atom. The second-order valence-electron chi connectivity index (χ2n) is 7.95. The summed E-state index contributed by atoms with van der Waals surface area (Å²) in [5, 5.41) is 2.75. The number of ether oxygens (including phenoxy) is 1. The molecule has 4 rings (SSSR count). The topological polar surface area (TPSA) is 58.6 Å². The fraction of sp³-hybridized carbons (Fsp3) is 0.231. The van der Waals surface area contributed by atoms with E-state index >= 15 is 0 Å². The average molecular weight is 447 g/mol. The molecule has 164 valence electrons. The van der Waals surface area contributed by atoms with Crippen molar-refractivity contribution in [3.63, 3.8) is 0 Å². The molecule has 6 heteroatoms. The molecule has 3 aromatic rings. The van der Waals surface area contributed by atoms with Gasteiger partial charge >= 0.3 is 0 Å². The van der Waals surface area contributed by atoms with Gasteiger partial charge in [-0.25, -0.2) is 0 Å². The summed E-state index contributed by atoms with van der Waals surface area (Å²) in [6, 6.07) is 25.1.